The zero-order valence-corrected chi connectivity index (χ0v) is 12.1. The number of anilines is 2. The van der Waals surface area contributed by atoms with E-state index in [1.807, 2.05) is 13.8 Å². The lowest BCUT2D eigenvalue weighted by atomic mass is 10.3. The van der Waals surface area contributed by atoms with Gasteiger partial charge in [-0.2, -0.15) is 0 Å². The van der Waals surface area contributed by atoms with Gasteiger partial charge < -0.3 is 16.4 Å². The summed E-state index contributed by atoms with van der Waals surface area (Å²) < 4.78 is 0. The first-order valence-electron chi connectivity index (χ1n) is 6.50. The van der Waals surface area contributed by atoms with E-state index in [0.717, 1.165) is 0 Å². The molecule has 0 fully saturated rings. The van der Waals surface area contributed by atoms with Crippen molar-refractivity contribution in [1.29, 1.82) is 0 Å². The molecule has 6 nitrogen and oxygen atoms in total. The van der Waals surface area contributed by atoms with Crippen molar-refractivity contribution in [2.75, 3.05) is 31.2 Å². The monoisotopic (exact) mass is 278 g/mol. The molecule has 0 spiro atoms. The van der Waals surface area contributed by atoms with Crippen molar-refractivity contribution in [2.45, 2.75) is 19.9 Å². The molecule has 0 aliphatic rings. The molecule has 110 valence electrons. The van der Waals surface area contributed by atoms with Crippen LogP contribution in [0.15, 0.2) is 24.3 Å². The molecule has 0 bridgehead atoms. The number of nitrogens with one attached hydrogen (secondary N) is 2. The first kappa shape index (κ1) is 16.0. The van der Waals surface area contributed by atoms with Gasteiger partial charge in [-0.15, -0.1) is 0 Å². The van der Waals surface area contributed by atoms with Gasteiger partial charge in [0, 0.05) is 17.4 Å². The second-order valence-electron chi connectivity index (χ2n) is 5.06. The van der Waals surface area contributed by atoms with Gasteiger partial charge in [0.1, 0.15) is 0 Å². The molecule has 1 aromatic carbocycles. The van der Waals surface area contributed by atoms with Crippen LogP contribution >= 0.6 is 0 Å². The number of hydrogen-bond donors (Lipinski definition) is 3. The van der Waals surface area contributed by atoms with Gasteiger partial charge in [0.15, 0.2) is 0 Å². The second-order valence-corrected chi connectivity index (χ2v) is 5.06. The summed E-state index contributed by atoms with van der Waals surface area (Å²) in [6.45, 7) is 4.13. The van der Waals surface area contributed by atoms with Crippen LogP contribution in [-0.2, 0) is 9.59 Å². The lowest BCUT2D eigenvalue weighted by Crippen LogP contribution is -2.41. The standard InChI is InChI=1S/C14H22N4O2/c1-10(2)16-13(19)8-18(3)9-14(20)17-12-6-4-11(15)5-7-12/h4-7,10H,8-9,15H2,1-3H3,(H,16,19)(H,17,20). The summed E-state index contributed by atoms with van der Waals surface area (Å²) in [4.78, 5) is 25.0. The van der Waals surface area contributed by atoms with E-state index in [9.17, 15) is 9.59 Å². The second kappa shape index (κ2) is 7.49. The number of rotatable bonds is 6. The molecule has 0 aliphatic heterocycles. The highest BCUT2D eigenvalue weighted by Gasteiger charge is 2.11. The Hall–Kier alpha value is -2.08. The summed E-state index contributed by atoms with van der Waals surface area (Å²) in [6, 6.07) is 7.00. The molecule has 0 saturated carbocycles. The number of nitrogen functional groups attached to an aromatic ring is 1. The fourth-order valence-electron chi connectivity index (χ4n) is 1.68. The SMILES string of the molecule is CC(C)NC(=O)CN(C)CC(=O)Nc1ccc(N)cc1. The average Bonchev–Trinajstić information content (AvgIpc) is 2.30. The maximum absolute atomic E-state index is 11.8. The third-order valence-electron chi connectivity index (χ3n) is 2.47. The molecule has 0 aromatic heterocycles. The van der Waals surface area contributed by atoms with Gasteiger partial charge in [-0.3, -0.25) is 14.5 Å². The fraction of sp³-hybridized carbons (Fsp3) is 0.429. The number of benzene rings is 1. The van der Waals surface area contributed by atoms with Crippen LogP contribution in [-0.4, -0.2) is 42.9 Å². The fourth-order valence-corrected chi connectivity index (χ4v) is 1.68. The molecule has 0 radical (unpaired) electrons. The summed E-state index contributed by atoms with van der Waals surface area (Å²) in [5, 5.41) is 5.52. The summed E-state index contributed by atoms with van der Waals surface area (Å²) in [7, 11) is 1.72. The lowest BCUT2D eigenvalue weighted by Gasteiger charge is -2.17. The molecule has 4 N–H and O–H groups in total. The minimum Gasteiger partial charge on any atom is -0.399 e. The summed E-state index contributed by atoms with van der Waals surface area (Å²) in [5.74, 6) is -0.266. The molecule has 0 atom stereocenters. The highest BCUT2D eigenvalue weighted by Crippen LogP contribution is 2.10. The van der Waals surface area contributed by atoms with E-state index in [-0.39, 0.29) is 30.9 Å². The van der Waals surface area contributed by atoms with Crippen LogP contribution in [0.3, 0.4) is 0 Å². The van der Waals surface area contributed by atoms with E-state index in [2.05, 4.69) is 10.6 Å². The maximum atomic E-state index is 11.8. The largest absolute Gasteiger partial charge is 0.399 e. The number of carbonyl (C=O) groups is 2. The molecule has 0 heterocycles. The van der Waals surface area contributed by atoms with Gasteiger partial charge in [-0.1, -0.05) is 0 Å². The van der Waals surface area contributed by atoms with Crippen molar-refractivity contribution in [3.8, 4) is 0 Å². The number of amides is 2. The summed E-state index contributed by atoms with van der Waals surface area (Å²) in [6.07, 6.45) is 0. The van der Waals surface area contributed by atoms with Crippen LogP contribution in [0.4, 0.5) is 11.4 Å². The Morgan fingerprint density at radius 1 is 1.15 bits per heavy atom. The van der Waals surface area contributed by atoms with Crippen molar-refractivity contribution in [2.24, 2.45) is 0 Å². The molecule has 0 saturated heterocycles. The minimum absolute atomic E-state index is 0.0946. The molecular formula is C14H22N4O2. The van der Waals surface area contributed by atoms with E-state index in [1.165, 1.54) is 0 Å². The average molecular weight is 278 g/mol. The van der Waals surface area contributed by atoms with E-state index in [4.69, 9.17) is 5.73 Å². The molecule has 0 unspecified atom stereocenters. The normalized spacial score (nSPS) is 10.7. The minimum atomic E-state index is -0.172. The molecular weight excluding hydrogens is 256 g/mol. The zero-order chi connectivity index (χ0) is 15.1. The maximum Gasteiger partial charge on any atom is 0.238 e. The van der Waals surface area contributed by atoms with Crippen molar-refractivity contribution < 1.29 is 9.59 Å². The Morgan fingerprint density at radius 2 is 1.70 bits per heavy atom. The van der Waals surface area contributed by atoms with Crippen molar-refractivity contribution in [1.82, 2.24) is 10.2 Å². The smallest absolute Gasteiger partial charge is 0.238 e. The van der Waals surface area contributed by atoms with Gasteiger partial charge in [0.2, 0.25) is 11.8 Å². The number of hydrogen-bond acceptors (Lipinski definition) is 4. The number of carbonyl (C=O) groups excluding carboxylic acids is 2. The van der Waals surface area contributed by atoms with Crippen LogP contribution in [0.2, 0.25) is 0 Å². The predicted octanol–water partition coefficient (Wildman–Crippen LogP) is 0.664. The van der Waals surface area contributed by atoms with Crippen LogP contribution in [0.1, 0.15) is 13.8 Å². The topological polar surface area (TPSA) is 87.5 Å². The number of nitrogens with zero attached hydrogens (tertiary/aromatic N) is 1. The van der Waals surface area contributed by atoms with E-state index >= 15 is 0 Å². The van der Waals surface area contributed by atoms with Crippen molar-refractivity contribution in [3.63, 3.8) is 0 Å². The molecule has 1 aromatic rings. The van der Waals surface area contributed by atoms with Gasteiger partial charge >= 0.3 is 0 Å². The Morgan fingerprint density at radius 3 is 2.25 bits per heavy atom. The highest BCUT2D eigenvalue weighted by atomic mass is 16.2. The Bertz CT molecular complexity index is 457. The number of likely N-dealkylation sites (N-methyl/N-ethyl adjacent to an activating group) is 1. The van der Waals surface area contributed by atoms with E-state index in [0.29, 0.717) is 11.4 Å². The van der Waals surface area contributed by atoms with Gasteiger partial charge in [0.25, 0.3) is 0 Å². The summed E-state index contributed by atoms with van der Waals surface area (Å²) >= 11 is 0. The molecule has 6 heteroatoms. The van der Waals surface area contributed by atoms with Gasteiger partial charge in [-0.05, 0) is 45.2 Å². The Labute approximate surface area is 119 Å². The zero-order valence-electron chi connectivity index (χ0n) is 12.1. The highest BCUT2D eigenvalue weighted by molar-refractivity contribution is 5.92. The van der Waals surface area contributed by atoms with E-state index < -0.39 is 0 Å². The van der Waals surface area contributed by atoms with Crippen molar-refractivity contribution in [3.05, 3.63) is 24.3 Å². The van der Waals surface area contributed by atoms with Gasteiger partial charge in [0.05, 0.1) is 13.1 Å². The van der Waals surface area contributed by atoms with Crippen molar-refractivity contribution >= 4 is 23.2 Å². The Kier molecular flexibility index (Phi) is 5.99. The lowest BCUT2D eigenvalue weighted by molar-refractivity contribution is -0.123. The van der Waals surface area contributed by atoms with Crippen LogP contribution in [0.5, 0.6) is 0 Å². The van der Waals surface area contributed by atoms with E-state index in [1.54, 1.807) is 36.2 Å². The van der Waals surface area contributed by atoms with Crippen LogP contribution in [0.25, 0.3) is 0 Å². The van der Waals surface area contributed by atoms with Gasteiger partial charge in [-0.25, -0.2) is 0 Å². The predicted molar refractivity (Wildman–Crippen MR) is 80.3 cm³/mol. The third kappa shape index (κ3) is 6.19. The van der Waals surface area contributed by atoms with Crippen LogP contribution < -0.4 is 16.4 Å². The van der Waals surface area contributed by atoms with Crippen LogP contribution in [0, 0.1) is 0 Å². The first-order valence-corrected chi connectivity index (χ1v) is 6.50. The number of nitrogens with two attached hydrogens (primary N) is 1. The molecule has 0 aliphatic carbocycles. The molecule has 2 amide bonds. The Balaban J connectivity index is 2.38. The quantitative estimate of drug-likeness (QED) is 0.667. The summed E-state index contributed by atoms with van der Waals surface area (Å²) in [5.41, 5.74) is 6.90. The molecule has 1 rings (SSSR count). The third-order valence-corrected chi connectivity index (χ3v) is 2.47. The molecule has 20 heavy (non-hydrogen) atoms. The first-order chi connectivity index (χ1) is 9.36.